The van der Waals surface area contributed by atoms with E-state index in [2.05, 4.69) is 43.9 Å². The van der Waals surface area contributed by atoms with E-state index in [4.69, 9.17) is 5.11 Å². The van der Waals surface area contributed by atoms with E-state index in [9.17, 15) is 14.4 Å². The van der Waals surface area contributed by atoms with Crippen LogP contribution in [0.3, 0.4) is 0 Å². The Balaban J connectivity index is 3.46. The molecular weight excluding hydrogens is 492 g/mol. The van der Waals surface area contributed by atoms with Crippen molar-refractivity contribution in [2.75, 3.05) is 61.4 Å². The maximum Gasteiger partial charge on any atom is 0.359 e. The molecule has 0 saturated carbocycles. The highest BCUT2D eigenvalue weighted by Gasteiger charge is 2.17. The van der Waals surface area contributed by atoms with Gasteiger partial charge < -0.3 is 24.7 Å². The van der Waals surface area contributed by atoms with Crippen LogP contribution in [-0.2, 0) is 14.4 Å². The summed E-state index contributed by atoms with van der Waals surface area (Å²) in [5.41, 5.74) is 0. The summed E-state index contributed by atoms with van der Waals surface area (Å²) in [7, 11) is 10.2. The minimum Gasteiger partial charge on any atom is -0.477 e. The molecule has 8 heteroatoms. The highest BCUT2D eigenvalue weighted by atomic mass is 16.4. The fourth-order valence-corrected chi connectivity index (χ4v) is 4.25. The first-order chi connectivity index (χ1) is 18.4. The van der Waals surface area contributed by atoms with Crippen LogP contribution in [0.15, 0.2) is 24.4 Å². The normalized spacial score (nSPS) is 12.3. The average molecular weight is 553 g/mol. The molecule has 0 aromatic carbocycles. The zero-order chi connectivity index (χ0) is 29.4. The van der Waals surface area contributed by atoms with Gasteiger partial charge in [0.15, 0.2) is 6.54 Å². The summed E-state index contributed by atoms with van der Waals surface area (Å²) in [5, 5.41) is 14.7. The molecule has 0 aromatic rings. The van der Waals surface area contributed by atoms with Crippen molar-refractivity contribution in [3.63, 3.8) is 0 Å². The number of carbonyl (C=O) groups is 3. The second kappa shape index (κ2) is 22.6. The van der Waals surface area contributed by atoms with Gasteiger partial charge >= 0.3 is 5.97 Å². The van der Waals surface area contributed by atoms with Crippen molar-refractivity contribution in [2.24, 2.45) is 0 Å². The Kier molecular flexibility index (Phi) is 21.3. The summed E-state index contributed by atoms with van der Waals surface area (Å²) < 4.78 is 1.28. The molecular formula is C31H60N4O4+2. The van der Waals surface area contributed by atoms with Crippen molar-refractivity contribution in [3.8, 4) is 0 Å². The van der Waals surface area contributed by atoms with E-state index in [1.54, 1.807) is 6.20 Å². The minimum atomic E-state index is -0.827. The molecule has 2 amide bonds. The van der Waals surface area contributed by atoms with E-state index in [1.807, 2.05) is 20.2 Å². The average Bonchev–Trinajstić information content (AvgIpc) is 2.83. The van der Waals surface area contributed by atoms with Crippen LogP contribution in [0.25, 0.3) is 0 Å². The largest absolute Gasteiger partial charge is 0.477 e. The van der Waals surface area contributed by atoms with Crippen molar-refractivity contribution in [2.45, 2.75) is 96.3 Å². The molecule has 39 heavy (non-hydrogen) atoms. The second-order valence-corrected chi connectivity index (χ2v) is 12.4. The number of carboxylic acid groups (broad SMARTS) is 1. The van der Waals surface area contributed by atoms with E-state index in [1.165, 1.54) is 32.1 Å². The fourth-order valence-electron chi connectivity index (χ4n) is 4.25. The summed E-state index contributed by atoms with van der Waals surface area (Å²) in [4.78, 5) is 34.6. The highest BCUT2D eigenvalue weighted by Crippen LogP contribution is 2.10. The number of rotatable bonds is 25. The Morgan fingerprint density at radius 2 is 1.18 bits per heavy atom. The molecule has 0 unspecified atom stereocenters. The van der Waals surface area contributed by atoms with Gasteiger partial charge in [-0.3, -0.25) is 9.59 Å². The molecule has 0 aliphatic rings. The summed E-state index contributed by atoms with van der Waals surface area (Å²) in [6.07, 6.45) is 23.9. The van der Waals surface area contributed by atoms with Crippen LogP contribution in [0.1, 0.15) is 96.3 Å². The zero-order valence-corrected chi connectivity index (χ0v) is 25.8. The molecule has 0 spiro atoms. The Bertz CT molecular complexity index is 727. The third-order valence-corrected chi connectivity index (χ3v) is 6.57. The maximum absolute atomic E-state index is 11.9. The third kappa shape index (κ3) is 28.6. The summed E-state index contributed by atoms with van der Waals surface area (Å²) in [6.45, 7) is 2.47. The Morgan fingerprint density at radius 3 is 1.72 bits per heavy atom. The van der Waals surface area contributed by atoms with E-state index >= 15 is 0 Å². The van der Waals surface area contributed by atoms with E-state index < -0.39 is 5.97 Å². The number of hydrogen-bond donors (Lipinski definition) is 3. The molecule has 0 saturated heterocycles. The van der Waals surface area contributed by atoms with Gasteiger partial charge in [-0.2, -0.15) is 0 Å². The van der Waals surface area contributed by atoms with Crippen molar-refractivity contribution < 1.29 is 28.5 Å². The predicted octanol–water partition coefficient (Wildman–Crippen LogP) is 5.01. The number of amides is 2. The number of allylic oxidation sites excluding steroid dienone is 2. The first-order valence-electron chi connectivity index (χ1n) is 15.1. The van der Waals surface area contributed by atoms with Crippen LogP contribution in [0, 0.1) is 0 Å². The minimum absolute atomic E-state index is 0.0183. The molecule has 8 nitrogen and oxygen atoms in total. The Morgan fingerprint density at radius 1 is 0.667 bits per heavy atom. The van der Waals surface area contributed by atoms with Crippen LogP contribution in [0.4, 0.5) is 0 Å². The lowest BCUT2D eigenvalue weighted by Crippen LogP contribution is -2.43. The first-order valence-corrected chi connectivity index (χ1v) is 15.1. The molecule has 0 heterocycles. The van der Waals surface area contributed by atoms with E-state index in [-0.39, 0.29) is 18.4 Å². The molecule has 0 radical (unpaired) electrons. The van der Waals surface area contributed by atoms with Gasteiger partial charge in [0.25, 0.3) is 0 Å². The maximum atomic E-state index is 11.9. The molecule has 0 bridgehead atoms. The van der Waals surface area contributed by atoms with Gasteiger partial charge in [-0.1, -0.05) is 50.7 Å². The lowest BCUT2D eigenvalue weighted by molar-refractivity contribution is -0.877. The lowest BCUT2D eigenvalue weighted by atomic mass is 10.1. The molecule has 0 atom stereocenters. The number of carbonyl (C=O) groups excluding carboxylic acids is 2. The zero-order valence-electron chi connectivity index (χ0n) is 25.8. The highest BCUT2D eigenvalue weighted by molar-refractivity contribution is 5.76. The lowest BCUT2D eigenvalue weighted by Gasteiger charge is -2.25. The van der Waals surface area contributed by atoms with Crippen LogP contribution in [0.5, 0.6) is 0 Å². The number of nitrogens with zero attached hydrogens (tertiary/aromatic N) is 2. The summed E-state index contributed by atoms with van der Waals surface area (Å²) in [6, 6.07) is 0. The number of aliphatic carboxylic acids is 1. The summed E-state index contributed by atoms with van der Waals surface area (Å²) in [5.74, 6) is -0.610. The van der Waals surface area contributed by atoms with Gasteiger partial charge in [0.05, 0.1) is 48.3 Å². The van der Waals surface area contributed by atoms with Gasteiger partial charge in [-0.05, 0) is 44.6 Å². The molecule has 0 aromatic heterocycles. The van der Waals surface area contributed by atoms with E-state index in [0.29, 0.717) is 23.9 Å². The van der Waals surface area contributed by atoms with Crippen LogP contribution >= 0.6 is 0 Å². The molecule has 0 aliphatic carbocycles. The van der Waals surface area contributed by atoms with Gasteiger partial charge in [0.2, 0.25) is 11.8 Å². The molecule has 0 rings (SSSR count). The van der Waals surface area contributed by atoms with Gasteiger partial charge in [-0.15, -0.1) is 0 Å². The standard InChI is InChI=1S/C31H58N4O4/c1-34(2,3)26-20-24-32-29(36)22-18-16-14-12-10-8-6-7-9-11-13-15-17-19-23-30(37)33-25-21-27-35(4,5)28-31(38)39/h6-7,21,25H,8-20,22-24,26-28H2,1-5H3,(H-2,32,33,36,37,38,39)/p+2/b7-6+,25-21+. The van der Waals surface area contributed by atoms with Crippen molar-refractivity contribution in [1.29, 1.82) is 0 Å². The topological polar surface area (TPSA) is 95.5 Å². The number of likely N-dealkylation sites (N-methyl/N-ethyl adjacent to an activating group) is 1. The fraction of sp³-hybridized carbons (Fsp3) is 0.774. The van der Waals surface area contributed by atoms with Crippen molar-refractivity contribution in [1.82, 2.24) is 10.6 Å². The monoisotopic (exact) mass is 552 g/mol. The second-order valence-electron chi connectivity index (χ2n) is 12.4. The Labute approximate surface area is 239 Å². The van der Waals surface area contributed by atoms with Crippen molar-refractivity contribution >= 4 is 17.8 Å². The predicted molar refractivity (Wildman–Crippen MR) is 161 cm³/mol. The molecule has 0 fully saturated rings. The number of nitrogens with one attached hydrogen (secondary N) is 2. The molecule has 3 N–H and O–H groups in total. The van der Waals surface area contributed by atoms with Crippen LogP contribution in [0.2, 0.25) is 0 Å². The first kappa shape index (κ1) is 36.8. The van der Waals surface area contributed by atoms with Crippen LogP contribution < -0.4 is 10.6 Å². The number of quaternary nitrogens is 2. The molecule has 0 aliphatic heterocycles. The van der Waals surface area contributed by atoms with E-state index in [0.717, 1.165) is 68.9 Å². The SMILES string of the molecule is C[N+](C)(C)CCCNC(=O)CCCCCCC/C=C/CCCCCCCC(=O)N/C=C/C[N+](C)(C)CC(=O)O. The van der Waals surface area contributed by atoms with Gasteiger partial charge in [-0.25, -0.2) is 4.79 Å². The smallest absolute Gasteiger partial charge is 0.359 e. The Hall–Kier alpha value is -2.19. The van der Waals surface area contributed by atoms with Gasteiger partial charge in [0.1, 0.15) is 0 Å². The van der Waals surface area contributed by atoms with Crippen LogP contribution in [-0.4, -0.2) is 93.3 Å². The summed E-state index contributed by atoms with van der Waals surface area (Å²) >= 11 is 0. The molecule has 226 valence electrons. The third-order valence-electron chi connectivity index (χ3n) is 6.57. The quantitative estimate of drug-likeness (QED) is 0.0843. The van der Waals surface area contributed by atoms with Crippen molar-refractivity contribution in [3.05, 3.63) is 24.4 Å². The number of carboxylic acids is 1. The van der Waals surface area contributed by atoms with Gasteiger partial charge in [0, 0.05) is 32.0 Å². The number of unbranched alkanes of at least 4 members (excludes halogenated alkanes) is 10. The number of hydrogen-bond acceptors (Lipinski definition) is 3.